The van der Waals surface area contributed by atoms with Crippen molar-refractivity contribution < 1.29 is 9.53 Å². The van der Waals surface area contributed by atoms with E-state index in [4.69, 9.17) is 0 Å². The summed E-state index contributed by atoms with van der Waals surface area (Å²) in [6, 6.07) is 8.53. The zero-order chi connectivity index (χ0) is 10.9. The van der Waals surface area contributed by atoms with Crippen molar-refractivity contribution in [3.05, 3.63) is 29.8 Å². The highest BCUT2D eigenvalue weighted by molar-refractivity contribution is 5.52. The lowest BCUT2D eigenvalue weighted by Crippen LogP contribution is -2.10. The molecule has 0 saturated heterocycles. The quantitative estimate of drug-likeness (QED) is 0.756. The van der Waals surface area contributed by atoms with Gasteiger partial charge in [-0.25, -0.2) is 0 Å². The normalized spacial score (nSPS) is 12.6. The maximum atomic E-state index is 9.18. The SMILES string of the molecule is CCOC=O.c1ccc2c(c1)CCCN2. The second-order valence-electron chi connectivity index (χ2n) is 3.24. The third-order valence-electron chi connectivity index (χ3n) is 2.19. The van der Waals surface area contributed by atoms with Crippen LogP contribution >= 0.6 is 0 Å². The van der Waals surface area contributed by atoms with Crippen molar-refractivity contribution in [2.75, 3.05) is 18.5 Å². The number of carbonyl (C=O) groups is 1. The molecule has 1 aromatic carbocycles. The highest BCUT2D eigenvalue weighted by Gasteiger charge is 2.04. The molecule has 15 heavy (non-hydrogen) atoms. The van der Waals surface area contributed by atoms with E-state index in [0.29, 0.717) is 13.1 Å². The molecule has 0 unspecified atom stereocenters. The van der Waals surface area contributed by atoms with Crippen molar-refractivity contribution in [3.63, 3.8) is 0 Å². The van der Waals surface area contributed by atoms with Gasteiger partial charge in [0.2, 0.25) is 0 Å². The molecule has 3 nitrogen and oxygen atoms in total. The molecular weight excluding hydrogens is 190 g/mol. The molecule has 3 heteroatoms. The monoisotopic (exact) mass is 207 g/mol. The van der Waals surface area contributed by atoms with Gasteiger partial charge in [-0.1, -0.05) is 18.2 Å². The molecule has 0 fully saturated rings. The lowest BCUT2D eigenvalue weighted by molar-refractivity contribution is -0.128. The van der Waals surface area contributed by atoms with Gasteiger partial charge >= 0.3 is 0 Å². The maximum Gasteiger partial charge on any atom is 0.293 e. The molecule has 1 aliphatic rings. The van der Waals surface area contributed by atoms with Gasteiger partial charge in [0.05, 0.1) is 6.61 Å². The van der Waals surface area contributed by atoms with Crippen molar-refractivity contribution in [1.29, 1.82) is 0 Å². The molecule has 0 saturated carbocycles. The van der Waals surface area contributed by atoms with Gasteiger partial charge in [-0.05, 0) is 31.4 Å². The molecule has 82 valence electrons. The van der Waals surface area contributed by atoms with Crippen LogP contribution in [0.15, 0.2) is 24.3 Å². The minimum Gasteiger partial charge on any atom is -0.468 e. The van der Waals surface area contributed by atoms with Gasteiger partial charge in [-0.2, -0.15) is 0 Å². The molecule has 0 spiro atoms. The summed E-state index contributed by atoms with van der Waals surface area (Å²) in [7, 11) is 0. The second-order valence-corrected chi connectivity index (χ2v) is 3.24. The summed E-state index contributed by atoms with van der Waals surface area (Å²) in [5, 5.41) is 3.36. The number of aryl methyl sites for hydroxylation is 1. The lowest BCUT2D eigenvalue weighted by atomic mass is 10.0. The number of para-hydroxylation sites is 1. The number of hydrogen-bond acceptors (Lipinski definition) is 3. The minimum atomic E-state index is 0.431. The number of benzene rings is 1. The smallest absolute Gasteiger partial charge is 0.293 e. The van der Waals surface area contributed by atoms with Gasteiger partial charge in [-0.15, -0.1) is 0 Å². The van der Waals surface area contributed by atoms with Crippen molar-refractivity contribution in [2.45, 2.75) is 19.8 Å². The number of rotatable bonds is 2. The third kappa shape index (κ3) is 4.02. The number of nitrogens with one attached hydrogen (secondary N) is 1. The summed E-state index contributed by atoms with van der Waals surface area (Å²) in [5.41, 5.74) is 2.79. The molecule has 1 aromatic rings. The fourth-order valence-corrected chi connectivity index (χ4v) is 1.48. The molecule has 0 aromatic heterocycles. The molecule has 1 N–H and O–H groups in total. The summed E-state index contributed by atoms with van der Waals surface area (Å²) in [4.78, 5) is 9.18. The molecule has 1 aliphatic heterocycles. The van der Waals surface area contributed by atoms with Crippen LogP contribution in [-0.4, -0.2) is 19.6 Å². The van der Waals surface area contributed by atoms with E-state index >= 15 is 0 Å². The Bertz CT molecular complexity index is 274. The highest BCUT2D eigenvalue weighted by atomic mass is 16.5. The predicted molar refractivity (Wildman–Crippen MR) is 60.9 cm³/mol. The van der Waals surface area contributed by atoms with Crippen LogP contribution in [0.1, 0.15) is 18.9 Å². The van der Waals surface area contributed by atoms with Crippen LogP contribution in [-0.2, 0) is 16.0 Å². The van der Waals surface area contributed by atoms with E-state index in [1.54, 1.807) is 6.92 Å². The Balaban J connectivity index is 0.000000195. The van der Waals surface area contributed by atoms with Gasteiger partial charge in [-0.3, -0.25) is 4.79 Å². The van der Waals surface area contributed by atoms with E-state index in [1.165, 1.54) is 24.1 Å². The van der Waals surface area contributed by atoms with Gasteiger partial charge < -0.3 is 10.1 Å². The summed E-state index contributed by atoms with van der Waals surface area (Å²) >= 11 is 0. The zero-order valence-electron chi connectivity index (χ0n) is 9.03. The second kappa shape index (κ2) is 6.87. The molecular formula is C12H17NO2. The van der Waals surface area contributed by atoms with Crippen LogP contribution < -0.4 is 5.32 Å². The summed E-state index contributed by atoms with van der Waals surface area (Å²) in [6.07, 6.45) is 2.51. The number of carbonyl (C=O) groups excluding carboxylic acids is 1. The molecule has 2 rings (SSSR count). The zero-order valence-corrected chi connectivity index (χ0v) is 9.03. The van der Waals surface area contributed by atoms with Crippen molar-refractivity contribution in [2.24, 2.45) is 0 Å². The van der Waals surface area contributed by atoms with Crippen molar-refractivity contribution >= 4 is 12.2 Å². The van der Waals surface area contributed by atoms with E-state index in [1.807, 2.05) is 0 Å². The fraction of sp³-hybridized carbons (Fsp3) is 0.417. The predicted octanol–water partition coefficient (Wildman–Crippen LogP) is 2.22. The first-order chi connectivity index (χ1) is 7.38. The van der Waals surface area contributed by atoms with Crippen molar-refractivity contribution in [1.82, 2.24) is 0 Å². The van der Waals surface area contributed by atoms with Crippen LogP contribution in [0, 0.1) is 0 Å². The van der Waals surface area contributed by atoms with E-state index in [-0.39, 0.29) is 0 Å². The first kappa shape index (κ1) is 11.6. The van der Waals surface area contributed by atoms with Gasteiger partial charge in [0.25, 0.3) is 6.47 Å². The number of ether oxygens (including phenoxy) is 1. The van der Waals surface area contributed by atoms with Crippen LogP contribution in [0.3, 0.4) is 0 Å². The number of anilines is 1. The van der Waals surface area contributed by atoms with E-state index in [0.717, 1.165) is 6.54 Å². The van der Waals surface area contributed by atoms with Gasteiger partial charge in [0.15, 0.2) is 0 Å². The maximum absolute atomic E-state index is 9.18. The van der Waals surface area contributed by atoms with Gasteiger partial charge in [0.1, 0.15) is 0 Å². The first-order valence-electron chi connectivity index (χ1n) is 5.25. The summed E-state index contributed by atoms with van der Waals surface area (Å²) in [5.74, 6) is 0. The molecule has 0 amide bonds. The first-order valence-corrected chi connectivity index (χ1v) is 5.25. The van der Waals surface area contributed by atoms with Crippen molar-refractivity contribution in [3.8, 4) is 0 Å². The molecule has 1 heterocycles. The Kier molecular flexibility index (Phi) is 5.30. The highest BCUT2D eigenvalue weighted by Crippen LogP contribution is 2.19. The number of fused-ring (bicyclic) bond motifs is 1. The van der Waals surface area contributed by atoms with Crippen LogP contribution in [0.25, 0.3) is 0 Å². The standard InChI is InChI=1S/C9H11N.C3H6O2/c1-2-6-9-8(4-1)5-3-7-10-9;1-2-5-3-4/h1-2,4,6,10H,3,5,7H2;3H,2H2,1H3. The van der Waals surface area contributed by atoms with Gasteiger partial charge in [0, 0.05) is 12.2 Å². The number of hydrogen-bond donors (Lipinski definition) is 1. The molecule has 0 radical (unpaired) electrons. The van der Waals surface area contributed by atoms with Crippen LogP contribution in [0.2, 0.25) is 0 Å². The average Bonchev–Trinajstić information content (AvgIpc) is 2.31. The molecule has 0 atom stereocenters. The molecule has 0 bridgehead atoms. The van der Waals surface area contributed by atoms with Crippen LogP contribution in [0.4, 0.5) is 5.69 Å². The Hall–Kier alpha value is -1.51. The Morgan fingerprint density at radius 2 is 2.27 bits per heavy atom. The van der Waals surface area contributed by atoms with E-state index in [2.05, 4.69) is 34.3 Å². The minimum absolute atomic E-state index is 0.431. The van der Waals surface area contributed by atoms with E-state index in [9.17, 15) is 4.79 Å². The average molecular weight is 207 g/mol. The fourth-order valence-electron chi connectivity index (χ4n) is 1.48. The summed E-state index contributed by atoms with van der Waals surface area (Å²) < 4.78 is 4.15. The van der Waals surface area contributed by atoms with E-state index < -0.39 is 0 Å². The Morgan fingerprint density at radius 1 is 1.47 bits per heavy atom. The van der Waals surface area contributed by atoms with Crippen LogP contribution in [0.5, 0.6) is 0 Å². The topological polar surface area (TPSA) is 38.3 Å². The Morgan fingerprint density at radius 3 is 2.87 bits per heavy atom. The lowest BCUT2D eigenvalue weighted by Gasteiger charge is -2.16. The Labute approximate surface area is 90.4 Å². The molecule has 0 aliphatic carbocycles. The largest absolute Gasteiger partial charge is 0.468 e. The third-order valence-corrected chi connectivity index (χ3v) is 2.19. The summed E-state index contributed by atoms with van der Waals surface area (Å²) in [6.45, 7) is 3.80.